The third-order valence-corrected chi connectivity index (χ3v) is 2.48. The molecular weight excluding hydrogens is 210 g/mol. The number of imide groups is 2. The van der Waals surface area contributed by atoms with Crippen LogP contribution in [0.25, 0.3) is 0 Å². The van der Waals surface area contributed by atoms with Crippen molar-refractivity contribution in [2.75, 3.05) is 20.6 Å². The maximum Gasteiger partial charge on any atom is 0.331 e. The number of amides is 4. The van der Waals surface area contributed by atoms with E-state index in [2.05, 4.69) is 5.32 Å². The number of hydrogen-bond acceptors (Lipinski definition) is 4. The highest BCUT2D eigenvalue weighted by molar-refractivity contribution is 6.14. The first-order valence-corrected chi connectivity index (χ1v) is 5.22. The predicted octanol–water partition coefficient (Wildman–Crippen LogP) is -0.205. The van der Waals surface area contributed by atoms with E-state index in [0.29, 0.717) is 6.42 Å². The van der Waals surface area contributed by atoms with Crippen LogP contribution >= 0.6 is 0 Å². The Kier molecular flexibility index (Phi) is 4.00. The standard InChI is InChI=1S/C10H17N3O3/c1-7(4-5-12(2)3)13-9(15)6-8(14)11-10(13)16/h7H,4-6H2,1-3H3,(H,11,14,16). The van der Waals surface area contributed by atoms with Gasteiger partial charge in [-0.15, -0.1) is 0 Å². The fourth-order valence-corrected chi connectivity index (χ4v) is 1.58. The van der Waals surface area contributed by atoms with Gasteiger partial charge in [-0.1, -0.05) is 0 Å². The van der Waals surface area contributed by atoms with E-state index in [9.17, 15) is 14.4 Å². The van der Waals surface area contributed by atoms with Crippen molar-refractivity contribution in [1.29, 1.82) is 0 Å². The summed E-state index contributed by atoms with van der Waals surface area (Å²) in [5.74, 6) is -0.939. The summed E-state index contributed by atoms with van der Waals surface area (Å²) in [6, 6.07) is -0.796. The molecule has 90 valence electrons. The molecule has 1 saturated heterocycles. The monoisotopic (exact) mass is 227 g/mol. The highest BCUT2D eigenvalue weighted by atomic mass is 16.2. The number of nitrogens with zero attached hydrogens (tertiary/aromatic N) is 2. The van der Waals surface area contributed by atoms with Crippen molar-refractivity contribution in [3.63, 3.8) is 0 Å². The molecule has 1 aliphatic heterocycles. The fourth-order valence-electron chi connectivity index (χ4n) is 1.58. The lowest BCUT2D eigenvalue weighted by atomic mass is 10.1. The molecule has 0 aliphatic carbocycles. The van der Waals surface area contributed by atoms with Crippen molar-refractivity contribution in [2.45, 2.75) is 25.8 Å². The molecule has 16 heavy (non-hydrogen) atoms. The van der Waals surface area contributed by atoms with Gasteiger partial charge in [-0.05, 0) is 34.0 Å². The van der Waals surface area contributed by atoms with Gasteiger partial charge in [0.25, 0.3) is 0 Å². The Morgan fingerprint density at radius 3 is 2.50 bits per heavy atom. The number of urea groups is 1. The van der Waals surface area contributed by atoms with Gasteiger partial charge in [0.2, 0.25) is 11.8 Å². The largest absolute Gasteiger partial charge is 0.331 e. The molecule has 6 heteroatoms. The van der Waals surface area contributed by atoms with Crippen LogP contribution in [0.15, 0.2) is 0 Å². The van der Waals surface area contributed by atoms with Crippen LogP contribution in [0.3, 0.4) is 0 Å². The zero-order valence-electron chi connectivity index (χ0n) is 9.82. The first-order chi connectivity index (χ1) is 7.41. The lowest BCUT2D eigenvalue weighted by Gasteiger charge is -2.30. The average molecular weight is 227 g/mol. The molecule has 1 fully saturated rings. The van der Waals surface area contributed by atoms with Gasteiger partial charge in [0.15, 0.2) is 0 Å². The first kappa shape index (κ1) is 12.6. The van der Waals surface area contributed by atoms with Crippen molar-refractivity contribution in [1.82, 2.24) is 15.1 Å². The van der Waals surface area contributed by atoms with Gasteiger partial charge < -0.3 is 4.90 Å². The Hall–Kier alpha value is -1.43. The summed E-state index contributed by atoms with van der Waals surface area (Å²) in [6.45, 7) is 2.59. The topological polar surface area (TPSA) is 69.7 Å². The molecule has 0 bridgehead atoms. The molecule has 0 spiro atoms. The number of nitrogens with one attached hydrogen (secondary N) is 1. The van der Waals surface area contributed by atoms with E-state index in [0.717, 1.165) is 11.4 Å². The summed E-state index contributed by atoms with van der Waals surface area (Å²) in [7, 11) is 3.85. The van der Waals surface area contributed by atoms with Crippen molar-refractivity contribution in [3.8, 4) is 0 Å². The van der Waals surface area contributed by atoms with Gasteiger partial charge in [-0.2, -0.15) is 0 Å². The molecule has 1 atom stereocenters. The molecule has 1 N–H and O–H groups in total. The zero-order valence-corrected chi connectivity index (χ0v) is 9.82. The molecule has 6 nitrogen and oxygen atoms in total. The molecule has 0 saturated carbocycles. The molecule has 1 aliphatic rings. The Bertz CT molecular complexity index is 294. The molecule has 0 aromatic carbocycles. The van der Waals surface area contributed by atoms with Crippen molar-refractivity contribution < 1.29 is 14.4 Å². The van der Waals surface area contributed by atoms with E-state index in [1.165, 1.54) is 0 Å². The van der Waals surface area contributed by atoms with Crippen LogP contribution in [0.1, 0.15) is 19.8 Å². The maximum absolute atomic E-state index is 11.5. The lowest BCUT2D eigenvalue weighted by Crippen LogP contribution is -2.56. The molecular formula is C10H17N3O3. The van der Waals surface area contributed by atoms with Crippen LogP contribution in [0.4, 0.5) is 4.79 Å². The van der Waals surface area contributed by atoms with Crippen LogP contribution in [0.2, 0.25) is 0 Å². The van der Waals surface area contributed by atoms with Gasteiger partial charge >= 0.3 is 6.03 Å². The molecule has 1 heterocycles. The van der Waals surface area contributed by atoms with Crippen LogP contribution < -0.4 is 5.32 Å². The first-order valence-electron chi connectivity index (χ1n) is 5.22. The number of carbonyl (C=O) groups excluding carboxylic acids is 3. The Labute approximate surface area is 94.6 Å². The smallest absolute Gasteiger partial charge is 0.309 e. The van der Waals surface area contributed by atoms with Crippen LogP contribution in [0, 0.1) is 0 Å². The summed E-state index contributed by atoms with van der Waals surface area (Å²) in [5.41, 5.74) is 0. The summed E-state index contributed by atoms with van der Waals surface area (Å²) < 4.78 is 0. The van der Waals surface area contributed by atoms with E-state index in [1.807, 2.05) is 19.0 Å². The number of barbiturate groups is 1. The van der Waals surface area contributed by atoms with Gasteiger partial charge in [0.05, 0.1) is 0 Å². The van der Waals surface area contributed by atoms with Crippen molar-refractivity contribution >= 4 is 17.8 Å². The normalized spacial score (nSPS) is 19.0. The third-order valence-electron chi connectivity index (χ3n) is 2.48. The summed E-state index contributed by atoms with van der Waals surface area (Å²) >= 11 is 0. The van der Waals surface area contributed by atoms with Gasteiger partial charge in [-0.25, -0.2) is 4.79 Å². The molecule has 0 aromatic heterocycles. The van der Waals surface area contributed by atoms with Gasteiger partial charge in [0, 0.05) is 6.04 Å². The predicted molar refractivity (Wildman–Crippen MR) is 57.6 cm³/mol. The second-order valence-electron chi connectivity index (χ2n) is 4.23. The molecule has 1 rings (SSSR count). The maximum atomic E-state index is 11.5. The van der Waals surface area contributed by atoms with Crippen LogP contribution in [-0.2, 0) is 9.59 Å². The number of hydrogen-bond donors (Lipinski definition) is 1. The summed E-state index contributed by atoms with van der Waals surface area (Å²) in [6.07, 6.45) is 0.457. The van der Waals surface area contributed by atoms with Gasteiger partial charge in [-0.3, -0.25) is 19.8 Å². The molecule has 4 amide bonds. The number of rotatable bonds is 4. The number of carbonyl (C=O) groups is 3. The zero-order chi connectivity index (χ0) is 12.3. The fraction of sp³-hybridized carbons (Fsp3) is 0.700. The van der Waals surface area contributed by atoms with E-state index >= 15 is 0 Å². The van der Waals surface area contributed by atoms with Gasteiger partial charge in [0.1, 0.15) is 6.42 Å². The molecule has 1 unspecified atom stereocenters. The summed E-state index contributed by atoms with van der Waals surface area (Å²) in [5, 5.41) is 2.14. The molecule has 0 aromatic rings. The van der Waals surface area contributed by atoms with Crippen molar-refractivity contribution in [3.05, 3.63) is 0 Å². The van der Waals surface area contributed by atoms with E-state index < -0.39 is 17.8 Å². The molecule has 0 radical (unpaired) electrons. The third kappa shape index (κ3) is 3.03. The summed E-state index contributed by atoms with van der Waals surface area (Å²) in [4.78, 5) is 37.0. The highest BCUT2D eigenvalue weighted by Gasteiger charge is 2.33. The van der Waals surface area contributed by atoms with Crippen LogP contribution in [0.5, 0.6) is 0 Å². The second-order valence-corrected chi connectivity index (χ2v) is 4.23. The van der Waals surface area contributed by atoms with Crippen molar-refractivity contribution in [2.24, 2.45) is 0 Å². The Morgan fingerprint density at radius 1 is 1.38 bits per heavy atom. The van der Waals surface area contributed by atoms with Crippen LogP contribution in [-0.4, -0.2) is 54.3 Å². The van der Waals surface area contributed by atoms with E-state index in [4.69, 9.17) is 0 Å². The average Bonchev–Trinajstić information content (AvgIpc) is 2.12. The van der Waals surface area contributed by atoms with E-state index in [1.54, 1.807) is 6.92 Å². The SMILES string of the molecule is CC(CCN(C)C)N1C(=O)CC(=O)NC1=O. The Balaban J connectivity index is 2.60. The Morgan fingerprint density at radius 2 is 2.00 bits per heavy atom. The minimum atomic E-state index is -0.604. The highest BCUT2D eigenvalue weighted by Crippen LogP contribution is 2.10. The minimum Gasteiger partial charge on any atom is -0.309 e. The minimum absolute atomic E-state index is 0.192. The van der Waals surface area contributed by atoms with E-state index in [-0.39, 0.29) is 12.5 Å². The lowest BCUT2D eigenvalue weighted by molar-refractivity contribution is -0.137. The quantitative estimate of drug-likeness (QED) is 0.675. The second kappa shape index (κ2) is 5.07.